The Hall–Kier alpha value is -3.78. The summed E-state index contributed by atoms with van der Waals surface area (Å²) in [5, 5.41) is 3.00. The average molecular weight is 489 g/mol. The molecule has 0 radical (unpaired) electrons. The molecule has 3 aromatic rings. The van der Waals surface area contributed by atoms with Crippen molar-refractivity contribution < 1.29 is 18.7 Å². The minimum Gasteiger partial charge on any atom is -0.484 e. The lowest BCUT2D eigenvalue weighted by Gasteiger charge is -2.24. The molecule has 0 saturated carbocycles. The molecule has 0 aliphatic carbocycles. The summed E-state index contributed by atoms with van der Waals surface area (Å²) in [5.74, 6) is -0.0527. The number of ether oxygens (including phenoxy) is 1. The maximum atomic E-state index is 14.6. The molecule has 36 heavy (non-hydrogen) atoms. The van der Waals surface area contributed by atoms with Crippen molar-refractivity contribution in [2.75, 3.05) is 26.2 Å². The van der Waals surface area contributed by atoms with E-state index in [4.69, 9.17) is 4.74 Å². The van der Waals surface area contributed by atoms with E-state index in [1.165, 1.54) is 6.07 Å². The van der Waals surface area contributed by atoms with Crippen LogP contribution in [0.15, 0.2) is 73.1 Å². The van der Waals surface area contributed by atoms with Gasteiger partial charge in [-0.3, -0.25) is 19.5 Å². The van der Waals surface area contributed by atoms with Crippen molar-refractivity contribution in [1.82, 2.24) is 20.1 Å². The van der Waals surface area contributed by atoms with Crippen molar-refractivity contribution in [2.45, 2.75) is 25.6 Å². The summed E-state index contributed by atoms with van der Waals surface area (Å²) in [7, 11) is 0. The standard InChI is InChI=1S/C28H29FN4O3/c29-24-9-3-2-8-23(24)26-19-32(17-21-7-1-4-10-25(21)36-26)13-12-31-28(35)22-14-27(34)33(18-22)16-20-6-5-11-30-15-20/h1-11,15,22,26H,12-14,16-19H2,(H,31,35)/t22-,26-/m0/s1. The third-order valence-corrected chi connectivity index (χ3v) is 6.72. The second kappa shape index (κ2) is 10.9. The number of nitrogens with zero attached hydrogens (tertiary/aromatic N) is 3. The Kier molecular flexibility index (Phi) is 7.23. The molecular formula is C28H29FN4O3. The van der Waals surface area contributed by atoms with Gasteiger partial charge < -0.3 is 15.0 Å². The molecule has 2 aromatic carbocycles. The highest BCUT2D eigenvalue weighted by Crippen LogP contribution is 2.32. The van der Waals surface area contributed by atoms with Crippen LogP contribution in [0, 0.1) is 11.7 Å². The van der Waals surface area contributed by atoms with Crippen LogP contribution in [0.4, 0.5) is 4.39 Å². The number of para-hydroxylation sites is 1. The van der Waals surface area contributed by atoms with Crippen LogP contribution in [0.5, 0.6) is 5.75 Å². The van der Waals surface area contributed by atoms with Crippen LogP contribution in [-0.2, 0) is 22.7 Å². The second-order valence-corrected chi connectivity index (χ2v) is 9.30. The summed E-state index contributed by atoms with van der Waals surface area (Å²) in [6.07, 6.45) is 3.18. The lowest BCUT2D eigenvalue weighted by molar-refractivity contribution is -0.129. The molecule has 5 rings (SSSR count). The number of likely N-dealkylation sites (tertiary alicyclic amines) is 1. The van der Waals surface area contributed by atoms with Crippen molar-refractivity contribution in [3.63, 3.8) is 0 Å². The van der Waals surface area contributed by atoms with Crippen molar-refractivity contribution >= 4 is 11.8 Å². The minimum absolute atomic E-state index is 0.0204. The number of aromatic nitrogens is 1. The molecule has 0 bridgehead atoms. The number of nitrogens with one attached hydrogen (secondary N) is 1. The highest BCUT2D eigenvalue weighted by Gasteiger charge is 2.34. The maximum Gasteiger partial charge on any atom is 0.225 e. The Morgan fingerprint density at radius 1 is 1.08 bits per heavy atom. The Morgan fingerprint density at radius 3 is 2.75 bits per heavy atom. The molecule has 2 amide bonds. The number of hydrogen-bond donors (Lipinski definition) is 1. The van der Waals surface area contributed by atoms with E-state index in [0.29, 0.717) is 44.8 Å². The molecule has 1 fully saturated rings. The van der Waals surface area contributed by atoms with Gasteiger partial charge in [0.15, 0.2) is 0 Å². The Bertz CT molecular complexity index is 1220. The number of carbonyl (C=O) groups excluding carboxylic acids is 2. The summed E-state index contributed by atoms with van der Waals surface area (Å²) < 4.78 is 20.8. The first kappa shape index (κ1) is 23.9. The second-order valence-electron chi connectivity index (χ2n) is 9.30. The van der Waals surface area contributed by atoms with Crippen molar-refractivity contribution in [3.05, 3.63) is 95.6 Å². The fourth-order valence-corrected chi connectivity index (χ4v) is 4.84. The monoisotopic (exact) mass is 488 g/mol. The topological polar surface area (TPSA) is 74.8 Å². The van der Waals surface area contributed by atoms with Crippen molar-refractivity contribution in [2.24, 2.45) is 5.92 Å². The Labute approximate surface area is 209 Å². The summed E-state index contributed by atoms with van der Waals surface area (Å²) in [6.45, 7) is 3.00. The van der Waals surface area contributed by atoms with Gasteiger partial charge in [-0.15, -0.1) is 0 Å². The summed E-state index contributed by atoms with van der Waals surface area (Å²) in [5.41, 5.74) is 2.48. The third kappa shape index (κ3) is 5.54. The number of fused-ring (bicyclic) bond motifs is 1. The van der Waals surface area contributed by atoms with E-state index >= 15 is 0 Å². The fraction of sp³-hybridized carbons (Fsp3) is 0.321. The predicted octanol–water partition coefficient (Wildman–Crippen LogP) is 3.32. The van der Waals surface area contributed by atoms with E-state index in [1.807, 2.05) is 42.5 Å². The highest BCUT2D eigenvalue weighted by molar-refractivity contribution is 5.89. The van der Waals surface area contributed by atoms with E-state index in [1.54, 1.807) is 29.4 Å². The molecule has 186 valence electrons. The normalized spacial score (nSPS) is 19.9. The molecule has 1 aromatic heterocycles. The predicted molar refractivity (Wildman–Crippen MR) is 132 cm³/mol. The van der Waals surface area contributed by atoms with E-state index in [2.05, 4.69) is 15.2 Å². The zero-order valence-corrected chi connectivity index (χ0v) is 20.0. The van der Waals surface area contributed by atoms with Gasteiger partial charge in [-0.1, -0.05) is 42.5 Å². The molecule has 2 aliphatic heterocycles. The van der Waals surface area contributed by atoms with Gasteiger partial charge in [0.1, 0.15) is 17.7 Å². The largest absolute Gasteiger partial charge is 0.484 e. The van der Waals surface area contributed by atoms with Gasteiger partial charge in [-0.25, -0.2) is 4.39 Å². The molecule has 1 saturated heterocycles. The van der Waals surface area contributed by atoms with Gasteiger partial charge in [0.2, 0.25) is 11.8 Å². The number of pyridine rings is 1. The van der Waals surface area contributed by atoms with E-state index in [9.17, 15) is 14.0 Å². The van der Waals surface area contributed by atoms with Crippen LogP contribution in [-0.4, -0.2) is 52.8 Å². The fourth-order valence-electron chi connectivity index (χ4n) is 4.84. The van der Waals surface area contributed by atoms with E-state index in [-0.39, 0.29) is 30.0 Å². The third-order valence-electron chi connectivity index (χ3n) is 6.72. The summed E-state index contributed by atoms with van der Waals surface area (Å²) in [4.78, 5) is 33.2. The molecule has 2 aliphatic rings. The van der Waals surface area contributed by atoms with Gasteiger partial charge in [0.05, 0.1) is 5.92 Å². The molecule has 2 atom stereocenters. The summed E-state index contributed by atoms with van der Waals surface area (Å²) in [6, 6.07) is 18.2. The van der Waals surface area contributed by atoms with Gasteiger partial charge in [0, 0.05) is 69.2 Å². The molecule has 0 spiro atoms. The molecule has 3 heterocycles. The SMILES string of the molecule is O=C(NCCN1Cc2ccccc2O[C@H](c2ccccc2F)C1)[C@H]1CC(=O)N(Cc2cccnc2)C1. The maximum absolute atomic E-state index is 14.6. The zero-order valence-electron chi connectivity index (χ0n) is 20.0. The lowest BCUT2D eigenvalue weighted by atomic mass is 10.1. The number of benzene rings is 2. The van der Waals surface area contributed by atoms with Gasteiger partial charge in [-0.2, -0.15) is 0 Å². The van der Waals surface area contributed by atoms with Crippen LogP contribution in [0.25, 0.3) is 0 Å². The number of hydrogen-bond acceptors (Lipinski definition) is 5. The first-order valence-electron chi connectivity index (χ1n) is 12.2. The lowest BCUT2D eigenvalue weighted by Crippen LogP contribution is -2.39. The number of carbonyl (C=O) groups is 2. The molecule has 8 heteroatoms. The molecule has 0 unspecified atom stereocenters. The quantitative estimate of drug-likeness (QED) is 0.552. The van der Waals surface area contributed by atoms with E-state index < -0.39 is 6.10 Å². The van der Waals surface area contributed by atoms with Crippen molar-refractivity contribution in [1.29, 1.82) is 0 Å². The van der Waals surface area contributed by atoms with Gasteiger partial charge in [-0.05, 0) is 23.8 Å². The summed E-state index contributed by atoms with van der Waals surface area (Å²) >= 11 is 0. The Balaban J connectivity index is 1.18. The Morgan fingerprint density at radius 2 is 1.92 bits per heavy atom. The highest BCUT2D eigenvalue weighted by atomic mass is 19.1. The van der Waals surface area contributed by atoms with Crippen LogP contribution >= 0.6 is 0 Å². The van der Waals surface area contributed by atoms with Crippen LogP contribution in [0.2, 0.25) is 0 Å². The average Bonchev–Trinajstić information content (AvgIpc) is 3.14. The van der Waals surface area contributed by atoms with Crippen molar-refractivity contribution in [3.8, 4) is 5.75 Å². The zero-order chi connectivity index (χ0) is 24.9. The number of rotatable bonds is 7. The number of amides is 2. The molecule has 7 nitrogen and oxygen atoms in total. The first-order valence-corrected chi connectivity index (χ1v) is 12.2. The number of halogens is 1. The molecule has 1 N–H and O–H groups in total. The van der Waals surface area contributed by atoms with Gasteiger partial charge >= 0.3 is 0 Å². The molecular weight excluding hydrogens is 459 g/mol. The first-order chi connectivity index (χ1) is 17.6. The minimum atomic E-state index is -0.459. The van der Waals surface area contributed by atoms with Crippen LogP contribution < -0.4 is 10.1 Å². The van der Waals surface area contributed by atoms with E-state index in [0.717, 1.165) is 16.9 Å². The van der Waals surface area contributed by atoms with Crippen LogP contribution in [0.1, 0.15) is 29.2 Å². The smallest absolute Gasteiger partial charge is 0.225 e. The van der Waals surface area contributed by atoms with Gasteiger partial charge in [0.25, 0.3) is 0 Å². The van der Waals surface area contributed by atoms with Crippen LogP contribution in [0.3, 0.4) is 0 Å².